The predicted octanol–water partition coefficient (Wildman–Crippen LogP) is 4.58. The van der Waals surface area contributed by atoms with Crippen LogP contribution in [0.15, 0.2) is 12.2 Å². The Labute approximate surface area is 177 Å². The number of hydrogen-bond acceptors (Lipinski definition) is 4. The Bertz CT molecular complexity index is 484. The molecule has 0 radical (unpaired) electrons. The van der Waals surface area contributed by atoms with Crippen LogP contribution in [0.4, 0.5) is 0 Å². The third-order valence-corrected chi connectivity index (χ3v) is 5.79. The Kier molecular flexibility index (Phi) is 15.6. The van der Waals surface area contributed by atoms with Crippen LogP contribution in [0.1, 0.15) is 79.1 Å². The van der Waals surface area contributed by atoms with Crippen molar-refractivity contribution in [1.82, 2.24) is 0 Å². The van der Waals surface area contributed by atoms with E-state index in [0.717, 1.165) is 62.6 Å². The first-order chi connectivity index (χ1) is 13.7. The summed E-state index contributed by atoms with van der Waals surface area (Å²) >= 11 is 0. The molecule has 0 aromatic rings. The molecule has 8 heteroatoms. The molecule has 0 saturated heterocycles. The fourth-order valence-corrected chi connectivity index (χ4v) is 4.04. The lowest BCUT2D eigenvalue weighted by molar-refractivity contribution is -0.952. The lowest BCUT2D eigenvalue weighted by atomic mass is 10.0. The second kappa shape index (κ2) is 16.0. The molecule has 0 rings (SSSR count). The number of phosphoric acid groups is 1. The Morgan fingerprint density at radius 1 is 1.00 bits per heavy atom. The zero-order valence-electron chi connectivity index (χ0n) is 18.8. The van der Waals surface area contributed by atoms with Gasteiger partial charge in [-0.25, -0.2) is 9.36 Å². The number of allylic oxidation sites excluding steroid dienone is 1. The van der Waals surface area contributed by atoms with E-state index in [4.69, 9.17) is 9.26 Å². The van der Waals surface area contributed by atoms with Crippen molar-refractivity contribution in [3.8, 4) is 0 Å². The van der Waals surface area contributed by atoms with Gasteiger partial charge in [-0.15, -0.1) is 0 Å². The molecule has 1 atom stereocenters. The van der Waals surface area contributed by atoms with Gasteiger partial charge in [0.15, 0.2) is 0 Å². The topological polar surface area (TPSA) is 93.1 Å². The highest BCUT2D eigenvalue weighted by atomic mass is 31.2. The SMILES string of the molecule is CC=CC(=O)OCCCC(COP(=O)(O)O)[N+](CCCC)(CCCC)CCCC. The molecular formula is C21H43NO6P+. The van der Waals surface area contributed by atoms with E-state index in [0.29, 0.717) is 19.4 Å². The second-order valence-corrected chi connectivity index (χ2v) is 8.94. The van der Waals surface area contributed by atoms with Crippen molar-refractivity contribution >= 4 is 13.8 Å². The number of ether oxygens (including phenoxy) is 1. The molecule has 0 spiro atoms. The van der Waals surface area contributed by atoms with E-state index in [1.807, 2.05) is 0 Å². The van der Waals surface area contributed by atoms with E-state index in [9.17, 15) is 19.1 Å². The van der Waals surface area contributed by atoms with Gasteiger partial charge in [-0.2, -0.15) is 0 Å². The molecule has 2 N–H and O–H groups in total. The predicted molar refractivity (Wildman–Crippen MR) is 116 cm³/mol. The van der Waals surface area contributed by atoms with Crippen LogP contribution in [-0.2, 0) is 18.6 Å². The number of unbranched alkanes of at least 4 members (excludes halogenated alkanes) is 3. The molecule has 0 aromatic carbocycles. The smallest absolute Gasteiger partial charge is 0.463 e. The molecule has 0 aliphatic carbocycles. The third kappa shape index (κ3) is 13.2. The fraction of sp³-hybridized carbons (Fsp3) is 0.857. The molecule has 172 valence electrons. The van der Waals surface area contributed by atoms with E-state index in [2.05, 4.69) is 20.8 Å². The highest BCUT2D eigenvalue weighted by molar-refractivity contribution is 7.46. The van der Waals surface area contributed by atoms with Crippen molar-refractivity contribution in [2.75, 3.05) is 32.8 Å². The molecule has 7 nitrogen and oxygen atoms in total. The fourth-order valence-electron chi connectivity index (χ4n) is 3.68. The van der Waals surface area contributed by atoms with Crippen molar-refractivity contribution in [3.05, 3.63) is 12.2 Å². The number of carbonyl (C=O) groups is 1. The Morgan fingerprint density at radius 2 is 1.52 bits per heavy atom. The summed E-state index contributed by atoms with van der Waals surface area (Å²) in [7, 11) is -4.54. The highest BCUT2D eigenvalue weighted by Crippen LogP contribution is 2.37. The maximum atomic E-state index is 11.5. The molecule has 0 saturated carbocycles. The van der Waals surface area contributed by atoms with Crippen LogP contribution in [0.3, 0.4) is 0 Å². The molecule has 0 fully saturated rings. The zero-order valence-corrected chi connectivity index (χ0v) is 19.7. The van der Waals surface area contributed by atoms with E-state index < -0.39 is 7.82 Å². The van der Waals surface area contributed by atoms with Gasteiger partial charge in [0.1, 0.15) is 12.6 Å². The summed E-state index contributed by atoms with van der Waals surface area (Å²) in [5.41, 5.74) is 0. The summed E-state index contributed by atoms with van der Waals surface area (Å²) in [5, 5.41) is 0. The van der Waals surface area contributed by atoms with Crippen molar-refractivity contribution in [2.24, 2.45) is 0 Å². The summed E-state index contributed by atoms with van der Waals surface area (Å²) in [5.74, 6) is -0.362. The van der Waals surface area contributed by atoms with Crippen molar-refractivity contribution < 1.29 is 32.9 Å². The Balaban J connectivity index is 5.40. The highest BCUT2D eigenvalue weighted by Gasteiger charge is 2.37. The van der Waals surface area contributed by atoms with Crippen LogP contribution in [0.2, 0.25) is 0 Å². The first-order valence-electron chi connectivity index (χ1n) is 11.1. The van der Waals surface area contributed by atoms with E-state index in [1.165, 1.54) is 6.08 Å². The Hall–Kier alpha value is -0.720. The first-order valence-corrected chi connectivity index (χ1v) is 12.6. The number of quaternary nitrogens is 1. The van der Waals surface area contributed by atoms with Crippen LogP contribution < -0.4 is 0 Å². The first kappa shape index (κ1) is 28.3. The summed E-state index contributed by atoms with van der Waals surface area (Å²) in [4.78, 5) is 30.1. The summed E-state index contributed by atoms with van der Waals surface area (Å²) in [6.45, 7) is 11.5. The van der Waals surface area contributed by atoms with Crippen molar-refractivity contribution in [3.63, 3.8) is 0 Å². The molecule has 0 heterocycles. The molecular weight excluding hydrogens is 393 g/mol. The molecule has 0 aliphatic rings. The molecule has 0 aliphatic heterocycles. The number of esters is 1. The quantitative estimate of drug-likeness (QED) is 0.107. The molecule has 0 amide bonds. The maximum absolute atomic E-state index is 11.5. The van der Waals surface area contributed by atoms with Gasteiger partial charge in [-0.3, -0.25) is 4.52 Å². The monoisotopic (exact) mass is 436 g/mol. The normalized spacial score (nSPS) is 13.7. The largest absolute Gasteiger partial charge is 0.469 e. The molecule has 29 heavy (non-hydrogen) atoms. The van der Waals surface area contributed by atoms with Crippen LogP contribution >= 0.6 is 7.82 Å². The summed E-state index contributed by atoms with van der Waals surface area (Å²) in [6, 6.07) is -0.0345. The number of carbonyl (C=O) groups excluding carboxylic acids is 1. The van der Waals surface area contributed by atoms with Gasteiger partial charge in [-0.05, 0) is 32.6 Å². The van der Waals surface area contributed by atoms with Crippen LogP contribution in [0.5, 0.6) is 0 Å². The van der Waals surface area contributed by atoms with Crippen LogP contribution in [-0.4, -0.2) is 59.1 Å². The number of hydrogen-bond donors (Lipinski definition) is 2. The maximum Gasteiger partial charge on any atom is 0.469 e. The third-order valence-electron chi connectivity index (χ3n) is 5.31. The molecule has 1 unspecified atom stereocenters. The Morgan fingerprint density at radius 3 is 1.93 bits per heavy atom. The van der Waals surface area contributed by atoms with E-state index in [-0.39, 0.29) is 18.6 Å². The van der Waals surface area contributed by atoms with Crippen molar-refractivity contribution in [2.45, 2.75) is 85.1 Å². The minimum Gasteiger partial charge on any atom is -0.463 e. The lowest BCUT2D eigenvalue weighted by Crippen LogP contribution is -2.58. The van der Waals surface area contributed by atoms with Gasteiger partial charge < -0.3 is 19.0 Å². The average molecular weight is 437 g/mol. The van der Waals surface area contributed by atoms with Crippen LogP contribution in [0.25, 0.3) is 0 Å². The number of nitrogens with zero attached hydrogens (tertiary/aromatic N) is 1. The van der Waals surface area contributed by atoms with Gasteiger partial charge in [0.25, 0.3) is 0 Å². The lowest BCUT2D eigenvalue weighted by Gasteiger charge is -2.45. The average Bonchev–Trinajstić information content (AvgIpc) is 2.67. The number of phosphoric ester groups is 1. The van der Waals surface area contributed by atoms with Gasteiger partial charge in [0, 0.05) is 12.5 Å². The standard InChI is InChI=1S/C21H42NO6P/c1-5-9-15-22(16-10-6-2,17-11-7-3)20(19-28-29(24,25)26)14-12-18-27-21(23)13-8-4/h8,13,20H,5-7,9-12,14-19H2,1-4H3,(H-,24,25,26)/p+1. The van der Waals surface area contributed by atoms with Crippen molar-refractivity contribution in [1.29, 1.82) is 0 Å². The van der Waals surface area contributed by atoms with E-state index >= 15 is 0 Å². The van der Waals surface area contributed by atoms with E-state index in [1.54, 1.807) is 13.0 Å². The zero-order chi connectivity index (χ0) is 22.2. The second-order valence-electron chi connectivity index (χ2n) is 7.70. The summed E-state index contributed by atoms with van der Waals surface area (Å²) < 4.78 is 22.4. The number of rotatable bonds is 18. The van der Waals surface area contributed by atoms with Gasteiger partial charge >= 0.3 is 13.8 Å². The summed E-state index contributed by atoms with van der Waals surface area (Å²) in [6.07, 6.45) is 10.8. The van der Waals surface area contributed by atoms with Gasteiger partial charge in [-0.1, -0.05) is 46.1 Å². The van der Waals surface area contributed by atoms with Gasteiger partial charge in [0.05, 0.1) is 26.2 Å². The molecule has 0 bridgehead atoms. The minimum atomic E-state index is -4.54. The van der Waals surface area contributed by atoms with Crippen LogP contribution in [0, 0.1) is 0 Å². The van der Waals surface area contributed by atoms with Gasteiger partial charge in [0.2, 0.25) is 0 Å². The minimum absolute atomic E-state index is 0.0181. The molecule has 0 aromatic heterocycles.